The maximum atomic E-state index is 11.9. The van der Waals surface area contributed by atoms with Crippen LogP contribution < -0.4 is 9.62 Å². The summed E-state index contributed by atoms with van der Waals surface area (Å²) in [6, 6.07) is 5.82. The highest BCUT2D eigenvalue weighted by atomic mass is 32.2. The lowest BCUT2D eigenvalue weighted by Crippen LogP contribution is -2.41. The van der Waals surface area contributed by atoms with Crippen molar-refractivity contribution in [2.75, 3.05) is 30.8 Å². The second kappa shape index (κ2) is 7.96. The van der Waals surface area contributed by atoms with Gasteiger partial charge in [0.2, 0.25) is 15.9 Å². The zero-order chi connectivity index (χ0) is 17.6. The average molecular weight is 342 g/mol. The summed E-state index contributed by atoms with van der Waals surface area (Å²) in [6.45, 7) is 4.04. The number of esters is 1. The molecule has 0 unspecified atom stereocenters. The van der Waals surface area contributed by atoms with Crippen molar-refractivity contribution in [2.24, 2.45) is 5.92 Å². The smallest absolute Gasteiger partial charge is 0.337 e. The summed E-state index contributed by atoms with van der Waals surface area (Å²) in [4.78, 5) is 23.3. The zero-order valence-corrected chi connectivity index (χ0v) is 14.5. The first-order valence-corrected chi connectivity index (χ1v) is 8.92. The van der Waals surface area contributed by atoms with Crippen molar-refractivity contribution >= 4 is 27.6 Å². The highest BCUT2D eigenvalue weighted by Crippen LogP contribution is 2.18. The number of ether oxygens (including phenoxy) is 1. The minimum atomic E-state index is -3.63. The monoisotopic (exact) mass is 342 g/mol. The maximum Gasteiger partial charge on any atom is 0.337 e. The summed E-state index contributed by atoms with van der Waals surface area (Å²) in [7, 11) is -2.37. The van der Waals surface area contributed by atoms with Crippen molar-refractivity contribution in [3.8, 4) is 0 Å². The lowest BCUT2D eigenvalue weighted by Gasteiger charge is -2.22. The van der Waals surface area contributed by atoms with E-state index in [4.69, 9.17) is 0 Å². The van der Waals surface area contributed by atoms with E-state index in [2.05, 4.69) is 10.1 Å². The van der Waals surface area contributed by atoms with E-state index >= 15 is 0 Å². The highest BCUT2D eigenvalue weighted by Gasteiger charge is 2.21. The molecule has 0 aromatic heterocycles. The molecule has 128 valence electrons. The van der Waals surface area contributed by atoms with Gasteiger partial charge >= 0.3 is 5.97 Å². The molecule has 0 aliphatic rings. The Morgan fingerprint density at radius 3 is 2.22 bits per heavy atom. The van der Waals surface area contributed by atoms with Crippen molar-refractivity contribution in [3.63, 3.8) is 0 Å². The molecule has 1 rings (SSSR count). The van der Waals surface area contributed by atoms with Crippen LogP contribution in [0.2, 0.25) is 0 Å². The van der Waals surface area contributed by atoms with E-state index in [1.807, 2.05) is 13.8 Å². The van der Waals surface area contributed by atoms with Crippen molar-refractivity contribution in [1.82, 2.24) is 5.32 Å². The van der Waals surface area contributed by atoms with E-state index < -0.39 is 16.0 Å². The van der Waals surface area contributed by atoms with Crippen LogP contribution in [0.3, 0.4) is 0 Å². The first-order valence-electron chi connectivity index (χ1n) is 7.08. The van der Waals surface area contributed by atoms with E-state index in [1.54, 1.807) is 0 Å². The number of anilines is 1. The third-order valence-electron chi connectivity index (χ3n) is 2.97. The van der Waals surface area contributed by atoms with Crippen LogP contribution >= 0.6 is 0 Å². The maximum absolute atomic E-state index is 11.9. The van der Waals surface area contributed by atoms with Crippen LogP contribution in [-0.4, -0.2) is 46.7 Å². The van der Waals surface area contributed by atoms with Gasteiger partial charge in [-0.2, -0.15) is 0 Å². The van der Waals surface area contributed by atoms with E-state index in [9.17, 15) is 18.0 Å². The van der Waals surface area contributed by atoms with Gasteiger partial charge in [0.15, 0.2) is 0 Å². The minimum absolute atomic E-state index is 0.268. The average Bonchev–Trinajstić information content (AvgIpc) is 2.49. The molecule has 0 aliphatic heterocycles. The number of nitrogens with zero attached hydrogens (tertiary/aromatic N) is 1. The number of amides is 1. The summed E-state index contributed by atoms with van der Waals surface area (Å²) >= 11 is 0. The lowest BCUT2D eigenvalue weighted by molar-refractivity contribution is -0.119. The molecule has 0 radical (unpaired) electrons. The van der Waals surface area contributed by atoms with Gasteiger partial charge in [-0.1, -0.05) is 13.8 Å². The van der Waals surface area contributed by atoms with Gasteiger partial charge in [-0.3, -0.25) is 9.10 Å². The Labute approximate surface area is 136 Å². The number of carbonyl (C=O) groups excluding carboxylic acids is 2. The number of sulfonamides is 1. The van der Waals surface area contributed by atoms with Crippen LogP contribution in [-0.2, 0) is 19.6 Å². The summed E-state index contributed by atoms with van der Waals surface area (Å²) in [5.41, 5.74) is 0.605. The molecule has 1 aromatic rings. The molecule has 0 spiro atoms. The second-order valence-corrected chi connectivity index (χ2v) is 7.41. The molecule has 7 nitrogen and oxygen atoms in total. The van der Waals surface area contributed by atoms with Gasteiger partial charge in [-0.15, -0.1) is 0 Å². The van der Waals surface area contributed by atoms with Crippen LogP contribution in [0.1, 0.15) is 24.2 Å². The fourth-order valence-corrected chi connectivity index (χ4v) is 2.64. The van der Waals surface area contributed by atoms with Crippen molar-refractivity contribution in [1.29, 1.82) is 0 Å². The molecule has 8 heteroatoms. The summed E-state index contributed by atoms with van der Waals surface area (Å²) < 4.78 is 29.4. The number of carbonyl (C=O) groups is 2. The van der Waals surface area contributed by atoms with Crippen molar-refractivity contribution < 1.29 is 22.7 Å². The van der Waals surface area contributed by atoms with Gasteiger partial charge in [0, 0.05) is 6.54 Å². The Hall–Kier alpha value is -2.09. The topological polar surface area (TPSA) is 92.8 Å². The minimum Gasteiger partial charge on any atom is -0.465 e. The first-order chi connectivity index (χ1) is 10.6. The number of hydrogen-bond donors (Lipinski definition) is 1. The summed E-state index contributed by atoms with van der Waals surface area (Å²) in [6.07, 6.45) is 1.02. The first kappa shape index (κ1) is 19.0. The van der Waals surface area contributed by atoms with E-state index in [1.165, 1.54) is 31.4 Å². The molecule has 0 bridgehead atoms. The summed E-state index contributed by atoms with van der Waals surface area (Å²) in [5, 5.41) is 2.67. The third-order valence-corrected chi connectivity index (χ3v) is 4.11. The number of nitrogens with one attached hydrogen (secondary N) is 1. The molecule has 0 heterocycles. The van der Waals surface area contributed by atoms with Crippen LogP contribution in [0, 0.1) is 5.92 Å². The predicted octanol–water partition coefficient (Wildman–Crippen LogP) is 1.01. The lowest BCUT2D eigenvalue weighted by atomic mass is 10.2. The van der Waals surface area contributed by atoms with E-state index in [0.717, 1.165) is 10.6 Å². The molecule has 1 amide bonds. The van der Waals surface area contributed by atoms with Crippen molar-refractivity contribution in [2.45, 2.75) is 13.8 Å². The molecule has 23 heavy (non-hydrogen) atoms. The number of methoxy groups -OCH3 is 1. The summed E-state index contributed by atoms with van der Waals surface area (Å²) in [5.74, 6) is -0.636. The van der Waals surface area contributed by atoms with Gasteiger partial charge in [-0.05, 0) is 30.2 Å². The normalized spacial score (nSPS) is 11.2. The number of rotatable bonds is 7. The molecule has 0 saturated carbocycles. The van der Waals surface area contributed by atoms with Crippen LogP contribution in [0.15, 0.2) is 24.3 Å². The Balaban J connectivity index is 2.95. The molecule has 0 atom stereocenters. The third kappa shape index (κ3) is 5.90. The largest absolute Gasteiger partial charge is 0.465 e. The fraction of sp³-hybridized carbons (Fsp3) is 0.467. The van der Waals surface area contributed by atoms with Gasteiger partial charge in [-0.25, -0.2) is 13.2 Å². The standard InChI is InChI=1S/C15H22N2O5S/c1-11(2)9-16-14(18)10-17(23(4,20)21)13-7-5-12(6-8-13)15(19)22-3/h5-8,11H,9-10H2,1-4H3,(H,16,18). The van der Waals surface area contributed by atoms with Gasteiger partial charge < -0.3 is 10.1 Å². The van der Waals surface area contributed by atoms with Crippen molar-refractivity contribution in [3.05, 3.63) is 29.8 Å². The molecular formula is C15H22N2O5S. The Morgan fingerprint density at radius 1 is 1.22 bits per heavy atom. The zero-order valence-electron chi connectivity index (χ0n) is 13.7. The van der Waals surface area contributed by atoms with Crippen LogP contribution in [0.4, 0.5) is 5.69 Å². The van der Waals surface area contributed by atoms with Gasteiger partial charge in [0.1, 0.15) is 6.54 Å². The molecule has 1 N–H and O–H groups in total. The SMILES string of the molecule is COC(=O)c1ccc(N(CC(=O)NCC(C)C)S(C)(=O)=O)cc1. The molecule has 0 saturated heterocycles. The van der Waals surface area contributed by atoms with E-state index in [0.29, 0.717) is 17.8 Å². The number of benzene rings is 1. The Kier molecular flexibility index (Phi) is 6.56. The Bertz CT molecular complexity index is 653. The highest BCUT2D eigenvalue weighted by molar-refractivity contribution is 7.92. The quantitative estimate of drug-likeness (QED) is 0.747. The molecule has 0 aliphatic carbocycles. The fourth-order valence-electron chi connectivity index (χ4n) is 1.79. The van der Waals surface area contributed by atoms with Crippen LogP contribution in [0.25, 0.3) is 0 Å². The molecule has 1 aromatic carbocycles. The van der Waals surface area contributed by atoms with Gasteiger partial charge in [0.05, 0.1) is 24.6 Å². The van der Waals surface area contributed by atoms with E-state index in [-0.39, 0.29) is 18.4 Å². The molecule has 0 fully saturated rings. The second-order valence-electron chi connectivity index (χ2n) is 5.51. The number of hydrogen-bond acceptors (Lipinski definition) is 5. The van der Waals surface area contributed by atoms with Crippen LogP contribution in [0.5, 0.6) is 0 Å². The van der Waals surface area contributed by atoms with Gasteiger partial charge in [0.25, 0.3) is 0 Å². The Morgan fingerprint density at radius 2 is 1.78 bits per heavy atom. The molecular weight excluding hydrogens is 320 g/mol. The predicted molar refractivity (Wildman–Crippen MR) is 87.8 cm³/mol.